The van der Waals surface area contributed by atoms with Crippen LogP contribution in [0, 0.1) is 5.82 Å². The lowest BCUT2D eigenvalue weighted by Crippen LogP contribution is -1.98. The molecule has 0 aromatic carbocycles. The van der Waals surface area contributed by atoms with E-state index in [0.29, 0.717) is 11.6 Å². The third-order valence-corrected chi connectivity index (χ3v) is 2.80. The largest absolute Gasteiger partial charge is 0.381 e. The molecule has 4 heteroatoms. The van der Waals surface area contributed by atoms with Crippen LogP contribution in [0.3, 0.4) is 0 Å². The van der Waals surface area contributed by atoms with Crippen molar-refractivity contribution in [2.75, 3.05) is 5.73 Å². The van der Waals surface area contributed by atoms with Gasteiger partial charge in [-0.1, -0.05) is 12.8 Å². The monoisotopic (exact) mass is 183 g/mol. The van der Waals surface area contributed by atoms with Gasteiger partial charge in [0.05, 0.1) is 0 Å². The van der Waals surface area contributed by atoms with E-state index in [9.17, 15) is 4.39 Å². The molecule has 3 nitrogen and oxygen atoms in total. The molecule has 1 aliphatic carbocycles. The zero-order chi connectivity index (χ0) is 9.42. The SMILES string of the molecule is Cn1nc(C2CCCC2)c(F)c1N. The first-order chi connectivity index (χ1) is 6.20. The Morgan fingerprint density at radius 2 is 2.08 bits per heavy atom. The van der Waals surface area contributed by atoms with Crippen molar-refractivity contribution in [3.05, 3.63) is 11.5 Å². The Bertz CT molecular complexity index is 313. The predicted octanol–water partition coefficient (Wildman–Crippen LogP) is 1.80. The number of nitrogens with two attached hydrogens (primary N) is 1. The molecule has 0 atom stereocenters. The minimum absolute atomic E-state index is 0.155. The number of aryl methyl sites for hydroxylation is 1. The summed E-state index contributed by atoms with van der Waals surface area (Å²) in [5.41, 5.74) is 6.06. The maximum Gasteiger partial charge on any atom is 0.188 e. The molecule has 1 saturated carbocycles. The van der Waals surface area contributed by atoms with Crippen LogP contribution in [0.15, 0.2) is 0 Å². The van der Waals surface area contributed by atoms with E-state index < -0.39 is 0 Å². The van der Waals surface area contributed by atoms with Crippen molar-refractivity contribution in [3.8, 4) is 0 Å². The van der Waals surface area contributed by atoms with Gasteiger partial charge in [0.15, 0.2) is 11.6 Å². The molecule has 0 radical (unpaired) electrons. The maximum atomic E-state index is 13.5. The Hall–Kier alpha value is -1.06. The fourth-order valence-corrected chi connectivity index (χ4v) is 1.99. The van der Waals surface area contributed by atoms with Crippen LogP contribution in [-0.4, -0.2) is 9.78 Å². The lowest BCUT2D eigenvalue weighted by molar-refractivity contribution is 0.577. The topological polar surface area (TPSA) is 43.8 Å². The Labute approximate surface area is 76.7 Å². The van der Waals surface area contributed by atoms with E-state index >= 15 is 0 Å². The van der Waals surface area contributed by atoms with Crippen molar-refractivity contribution in [2.24, 2.45) is 7.05 Å². The van der Waals surface area contributed by atoms with Crippen LogP contribution in [0.1, 0.15) is 37.3 Å². The smallest absolute Gasteiger partial charge is 0.188 e. The quantitative estimate of drug-likeness (QED) is 0.721. The Kier molecular flexibility index (Phi) is 1.98. The van der Waals surface area contributed by atoms with Crippen LogP contribution in [0.4, 0.5) is 10.2 Å². The second kappa shape index (κ2) is 3.01. The van der Waals surface area contributed by atoms with Crippen LogP contribution in [0.5, 0.6) is 0 Å². The summed E-state index contributed by atoms with van der Waals surface area (Å²) in [5, 5.41) is 4.11. The summed E-state index contributed by atoms with van der Waals surface area (Å²) < 4.78 is 14.9. The Morgan fingerprint density at radius 1 is 1.46 bits per heavy atom. The van der Waals surface area contributed by atoms with Gasteiger partial charge in [-0.05, 0) is 12.8 Å². The molecule has 13 heavy (non-hydrogen) atoms. The molecular weight excluding hydrogens is 169 g/mol. The number of anilines is 1. The summed E-state index contributed by atoms with van der Waals surface area (Å²) in [6.07, 6.45) is 4.46. The first-order valence-corrected chi connectivity index (χ1v) is 4.68. The Balaban J connectivity index is 2.34. The van der Waals surface area contributed by atoms with E-state index in [1.807, 2.05) is 0 Å². The molecule has 0 bridgehead atoms. The van der Waals surface area contributed by atoms with Crippen LogP contribution in [0.2, 0.25) is 0 Å². The zero-order valence-corrected chi connectivity index (χ0v) is 7.76. The molecule has 2 rings (SSSR count). The van der Waals surface area contributed by atoms with Gasteiger partial charge in [-0.25, -0.2) is 4.39 Å². The average molecular weight is 183 g/mol. The highest BCUT2D eigenvalue weighted by atomic mass is 19.1. The summed E-state index contributed by atoms with van der Waals surface area (Å²) >= 11 is 0. The molecular formula is C9H14FN3. The van der Waals surface area contributed by atoms with Gasteiger partial charge in [-0.2, -0.15) is 5.10 Å². The third-order valence-electron chi connectivity index (χ3n) is 2.80. The summed E-state index contributed by atoms with van der Waals surface area (Å²) in [6.45, 7) is 0. The van der Waals surface area contributed by atoms with E-state index in [2.05, 4.69) is 5.10 Å². The number of hydrogen-bond acceptors (Lipinski definition) is 2. The molecule has 1 fully saturated rings. The second-order valence-electron chi connectivity index (χ2n) is 3.69. The van der Waals surface area contributed by atoms with Crippen LogP contribution in [0.25, 0.3) is 0 Å². The van der Waals surface area contributed by atoms with Crippen molar-refractivity contribution in [3.63, 3.8) is 0 Å². The first-order valence-electron chi connectivity index (χ1n) is 4.68. The highest BCUT2D eigenvalue weighted by Crippen LogP contribution is 2.35. The zero-order valence-electron chi connectivity index (χ0n) is 7.76. The molecule has 0 unspecified atom stereocenters. The van der Waals surface area contributed by atoms with E-state index in [0.717, 1.165) is 12.8 Å². The molecule has 1 aromatic rings. The van der Waals surface area contributed by atoms with Crippen molar-refractivity contribution in [1.82, 2.24) is 9.78 Å². The summed E-state index contributed by atoms with van der Waals surface area (Å²) in [7, 11) is 1.68. The van der Waals surface area contributed by atoms with Crippen LogP contribution in [-0.2, 0) is 7.05 Å². The van der Waals surface area contributed by atoms with E-state index in [-0.39, 0.29) is 11.6 Å². The number of rotatable bonds is 1. The normalized spacial score (nSPS) is 18.3. The number of aromatic nitrogens is 2. The molecule has 1 aromatic heterocycles. The Morgan fingerprint density at radius 3 is 2.54 bits per heavy atom. The molecule has 0 saturated heterocycles. The standard InChI is InChI=1S/C9H14FN3/c1-13-9(11)7(10)8(12-13)6-4-2-3-5-6/h6H,2-5,11H2,1H3. The van der Waals surface area contributed by atoms with Crippen molar-refractivity contribution in [2.45, 2.75) is 31.6 Å². The molecule has 0 aliphatic heterocycles. The fourth-order valence-electron chi connectivity index (χ4n) is 1.99. The summed E-state index contributed by atoms with van der Waals surface area (Å²) in [4.78, 5) is 0. The minimum atomic E-state index is -0.311. The first kappa shape index (κ1) is 8.53. The van der Waals surface area contributed by atoms with Crippen molar-refractivity contribution >= 4 is 5.82 Å². The van der Waals surface area contributed by atoms with E-state index in [4.69, 9.17) is 5.73 Å². The molecule has 0 amide bonds. The van der Waals surface area contributed by atoms with Crippen molar-refractivity contribution in [1.29, 1.82) is 0 Å². The summed E-state index contributed by atoms with van der Waals surface area (Å²) in [6, 6.07) is 0. The number of nitrogens with zero attached hydrogens (tertiary/aromatic N) is 2. The lowest BCUT2D eigenvalue weighted by Gasteiger charge is -2.03. The molecule has 72 valence electrons. The third kappa shape index (κ3) is 1.30. The van der Waals surface area contributed by atoms with Gasteiger partial charge in [-0.3, -0.25) is 4.68 Å². The molecule has 1 heterocycles. The van der Waals surface area contributed by atoms with Gasteiger partial charge in [0.1, 0.15) is 5.69 Å². The second-order valence-corrected chi connectivity index (χ2v) is 3.69. The average Bonchev–Trinajstić information content (AvgIpc) is 2.70. The predicted molar refractivity (Wildman–Crippen MR) is 48.8 cm³/mol. The van der Waals surface area contributed by atoms with Gasteiger partial charge in [-0.15, -0.1) is 0 Å². The number of hydrogen-bond donors (Lipinski definition) is 1. The minimum Gasteiger partial charge on any atom is -0.381 e. The number of nitrogen functional groups attached to an aromatic ring is 1. The molecule has 0 spiro atoms. The van der Waals surface area contributed by atoms with Crippen LogP contribution < -0.4 is 5.73 Å². The van der Waals surface area contributed by atoms with E-state index in [1.165, 1.54) is 17.5 Å². The van der Waals surface area contributed by atoms with Crippen LogP contribution >= 0.6 is 0 Å². The fraction of sp³-hybridized carbons (Fsp3) is 0.667. The van der Waals surface area contributed by atoms with Gasteiger partial charge in [0.2, 0.25) is 0 Å². The lowest BCUT2D eigenvalue weighted by atomic mass is 10.0. The maximum absolute atomic E-state index is 13.5. The summed E-state index contributed by atoms with van der Waals surface area (Å²) in [5.74, 6) is 0.139. The van der Waals surface area contributed by atoms with E-state index in [1.54, 1.807) is 7.05 Å². The highest BCUT2D eigenvalue weighted by Gasteiger charge is 2.25. The van der Waals surface area contributed by atoms with Gasteiger partial charge < -0.3 is 5.73 Å². The highest BCUT2D eigenvalue weighted by molar-refractivity contribution is 5.35. The van der Waals surface area contributed by atoms with Gasteiger partial charge in [0.25, 0.3) is 0 Å². The molecule has 2 N–H and O–H groups in total. The molecule has 1 aliphatic rings. The van der Waals surface area contributed by atoms with Gasteiger partial charge in [0, 0.05) is 13.0 Å². The number of halogens is 1. The van der Waals surface area contributed by atoms with Gasteiger partial charge >= 0.3 is 0 Å². The van der Waals surface area contributed by atoms with Crippen molar-refractivity contribution < 1.29 is 4.39 Å².